The maximum absolute atomic E-state index is 13.6. The van der Waals surface area contributed by atoms with Crippen molar-refractivity contribution in [2.45, 2.75) is 50.9 Å². The van der Waals surface area contributed by atoms with Gasteiger partial charge in [-0.1, -0.05) is 5.21 Å². The van der Waals surface area contributed by atoms with Crippen LogP contribution in [0, 0.1) is 40.9 Å². The number of hydrogen-bond donors (Lipinski definition) is 4. The van der Waals surface area contributed by atoms with E-state index < -0.39 is 59.4 Å². The number of aliphatic hydroxyl groups is 3. The lowest BCUT2D eigenvalue weighted by molar-refractivity contribution is -0.136. The number of aromatic nitrogens is 3. The van der Waals surface area contributed by atoms with Gasteiger partial charge < -0.3 is 53.8 Å². The van der Waals surface area contributed by atoms with E-state index in [-0.39, 0.29) is 76.8 Å². The van der Waals surface area contributed by atoms with Crippen LogP contribution in [-0.4, -0.2) is 147 Å². The number of amides is 1. The van der Waals surface area contributed by atoms with Crippen LogP contribution in [0.5, 0.6) is 5.75 Å². The Morgan fingerprint density at radius 3 is 1.98 bits per heavy atom. The van der Waals surface area contributed by atoms with Gasteiger partial charge in [0, 0.05) is 44.7 Å². The molecule has 0 spiro atoms. The van der Waals surface area contributed by atoms with Crippen LogP contribution in [0.15, 0.2) is 6.20 Å². The number of nitrogens with zero attached hydrogens (tertiary/aromatic N) is 3. The van der Waals surface area contributed by atoms with Crippen molar-refractivity contribution in [1.82, 2.24) is 20.3 Å². The highest BCUT2D eigenvalue weighted by Crippen LogP contribution is 2.31. The molecule has 55 heavy (non-hydrogen) atoms. The smallest absolute Gasteiger partial charge is 0.313 e. The van der Waals surface area contributed by atoms with Gasteiger partial charge in [-0.25, -0.2) is 17.9 Å². The van der Waals surface area contributed by atoms with Crippen molar-refractivity contribution >= 4 is 11.9 Å². The monoisotopic (exact) mass is 800 g/mol. The highest BCUT2D eigenvalue weighted by atomic mass is 19.2. The lowest BCUT2D eigenvalue weighted by Gasteiger charge is -2.36. The summed E-state index contributed by atoms with van der Waals surface area (Å²) in [6.45, 7) is 3.35. The maximum atomic E-state index is 13.6. The maximum Gasteiger partial charge on any atom is 0.313 e. The summed E-state index contributed by atoms with van der Waals surface area (Å²) in [7, 11) is 0. The first-order valence-electron chi connectivity index (χ1n) is 17.8. The second-order valence-corrected chi connectivity index (χ2v) is 12.4. The van der Waals surface area contributed by atoms with E-state index in [1.54, 1.807) is 4.68 Å². The van der Waals surface area contributed by atoms with Gasteiger partial charge in [0.25, 0.3) is 0 Å². The number of aliphatic hydroxyl groups excluding tert-OH is 3. The molecule has 1 aromatic heterocycles. The molecule has 312 valence electrons. The van der Waals surface area contributed by atoms with Gasteiger partial charge >= 0.3 is 5.97 Å². The van der Waals surface area contributed by atoms with Crippen LogP contribution in [0.25, 0.3) is 0 Å². The third-order valence-corrected chi connectivity index (χ3v) is 8.28. The molecule has 16 nitrogen and oxygen atoms in total. The molecule has 0 saturated heterocycles. The second kappa shape index (κ2) is 25.7. The highest BCUT2D eigenvalue weighted by Gasteiger charge is 2.36. The molecule has 1 saturated carbocycles. The van der Waals surface area contributed by atoms with E-state index in [1.807, 2.05) is 6.20 Å². The van der Waals surface area contributed by atoms with E-state index in [2.05, 4.69) is 20.4 Å². The molecule has 1 aliphatic rings. The molecule has 0 unspecified atom stereocenters. The largest absolute Gasteiger partial charge is 0.420 e. The number of benzene rings is 1. The second-order valence-electron chi connectivity index (χ2n) is 12.4. The summed E-state index contributed by atoms with van der Waals surface area (Å²) >= 11 is 0. The Hall–Kier alpha value is -3.41. The van der Waals surface area contributed by atoms with Gasteiger partial charge in [0.05, 0.1) is 104 Å². The molecule has 1 amide bonds. The van der Waals surface area contributed by atoms with E-state index in [0.717, 1.165) is 5.69 Å². The van der Waals surface area contributed by atoms with Crippen molar-refractivity contribution in [3.63, 3.8) is 0 Å². The van der Waals surface area contributed by atoms with Gasteiger partial charge in [-0.3, -0.25) is 9.59 Å². The van der Waals surface area contributed by atoms with Crippen molar-refractivity contribution in [1.29, 1.82) is 0 Å². The minimum Gasteiger partial charge on any atom is -0.420 e. The fourth-order valence-corrected chi connectivity index (χ4v) is 5.36. The SMILES string of the molecule is O=C(CCOCCOCCC(=O)Oc1c(F)c(F)c(F)c(F)c1F)NCCOCCOCCOCCn1cc(CCOC[C@H]2C[C@@H](O)C[C@@H](O)[C@H]2CO)nn1. The standard InChI is InChI=1S/C34H49F5N4O12/c35-29-30(36)32(38)34(33(39)31(29)37)55-28(48)3-8-50-12-11-49-7-2-27(47)40-4-9-51-13-15-53-16-14-52-10-5-43-19-23(41-42-43)1-6-54-21-22-17-24(45)18-26(46)25(22)20-44/h19,22,24-26,44-46H,1-18,20-21H2,(H,40,47)/t22-,24-,25+,26-/m1/s1. The molecule has 21 heteroatoms. The third-order valence-electron chi connectivity index (χ3n) is 8.28. The first kappa shape index (κ1) is 46.0. The number of ether oxygens (including phenoxy) is 7. The van der Waals surface area contributed by atoms with Crippen LogP contribution in [0.4, 0.5) is 22.0 Å². The summed E-state index contributed by atoms with van der Waals surface area (Å²) in [4.78, 5) is 23.6. The molecule has 0 bridgehead atoms. The fraction of sp³-hybridized carbons (Fsp3) is 0.706. The summed E-state index contributed by atoms with van der Waals surface area (Å²) in [5.74, 6) is -15.0. The minimum atomic E-state index is -2.37. The van der Waals surface area contributed by atoms with Gasteiger partial charge in [0.15, 0.2) is 0 Å². The quantitative estimate of drug-likeness (QED) is 0.0236. The Morgan fingerprint density at radius 1 is 0.745 bits per heavy atom. The number of esters is 1. The number of carbonyl (C=O) groups excluding carboxylic acids is 2. The molecule has 2 aromatic rings. The zero-order valence-electron chi connectivity index (χ0n) is 30.3. The first-order valence-corrected chi connectivity index (χ1v) is 17.8. The molecule has 1 aromatic carbocycles. The lowest BCUT2D eigenvalue weighted by atomic mass is 9.77. The Bertz CT molecular complexity index is 1420. The number of rotatable bonds is 28. The number of halogens is 5. The zero-order chi connectivity index (χ0) is 40.0. The van der Waals surface area contributed by atoms with Crippen LogP contribution in [0.1, 0.15) is 31.4 Å². The summed E-state index contributed by atoms with van der Waals surface area (Å²) in [6, 6.07) is 0. The third kappa shape index (κ3) is 16.7. The molecule has 0 radical (unpaired) electrons. The van der Waals surface area contributed by atoms with Crippen molar-refractivity contribution in [2.75, 3.05) is 92.4 Å². The van der Waals surface area contributed by atoms with Crippen LogP contribution in [0.2, 0.25) is 0 Å². The topological polar surface area (TPSA) is 202 Å². The first-order chi connectivity index (χ1) is 26.5. The predicted octanol–water partition coefficient (Wildman–Crippen LogP) is 0.858. The Morgan fingerprint density at radius 2 is 1.33 bits per heavy atom. The average molecular weight is 801 g/mol. The molecular weight excluding hydrogens is 751 g/mol. The van der Waals surface area contributed by atoms with Crippen molar-refractivity contribution < 1.29 is 80.0 Å². The zero-order valence-corrected chi connectivity index (χ0v) is 30.3. The fourth-order valence-electron chi connectivity index (χ4n) is 5.36. The predicted molar refractivity (Wildman–Crippen MR) is 178 cm³/mol. The Labute approximate surface area is 314 Å². The highest BCUT2D eigenvalue weighted by molar-refractivity contribution is 5.75. The molecule has 1 aliphatic carbocycles. The molecule has 4 N–H and O–H groups in total. The van der Waals surface area contributed by atoms with Crippen LogP contribution in [-0.2, 0) is 51.0 Å². The number of carbonyl (C=O) groups is 2. The normalized spacial score (nSPS) is 18.5. The van der Waals surface area contributed by atoms with Gasteiger partial charge in [0.2, 0.25) is 40.7 Å². The van der Waals surface area contributed by atoms with Crippen LogP contribution < -0.4 is 10.1 Å². The van der Waals surface area contributed by atoms with E-state index in [4.69, 9.17) is 28.4 Å². The van der Waals surface area contributed by atoms with Gasteiger partial charge in [-0.15, -0.1) is 5.10 Å². The van der Waals surface area contributed by atoms with E-state index >= 15 is 0 Å². The van der Waals surface area contributed by atoms with Gasteiger partial charge in [0.1, 0.15) is 0 Å². The minimum absolute atomic E-state index is 0.00154. The van der Waals surface area contributed by atoms with Gasteiger partial charge in [-0.2, -0.15) is 8.78 Å². The molecule has 4 atom stereocenters. The number of hydrogen-bond acceptors (Lipinski definition) is 14. The van der Waals surface area contributed by atoms with Crippen LogP contribution >= 0.6 is 0 Å². The summed E-state index contributed by atoms with van der Waals surface area (Å²) in [6.07, 6.45) is 1.32. The average Bonchev–Trinajstić information content (AvgIpc) is 3.62. The summed E-state index contributed by atoms with van der Waals surface area (Å²) in [5, 5.41) is 40.4. The van der Waals surface area contributed by atoms with E-state index in [1.165, 1.54) is 0 Å². The lowest BCUT2D eigenvalue weighted by Crippen LogP contribution is -2.42. The molecule has 3 rings (SSSR count). The van der Waals surface area contributed by atoms with Crippen molar-refractivity contribution in [3.8, 4) is 5.75 Å². The molecular formula is C34H49F5N4O12. The van der Waals surface area contributed by atoms with Gasteiger partial charge in [-0.05, 0) is 18.8 Å². The van der Waals surface area contributed by atoms with E-state index in [0.29, 0.717) is 65.6 Å². The van der Waals surface area contributed by atoms with Crippen molar-refractivity contribution in [2.24, 2.45) is 11.8 Å². The van der Waals surface area contributed by atoms with Crippen LogP contribution in [0.3, 0.4) is 0 Å². The molecule has 1 heterocycles. The Balaban J connectivity index is 1.06. The van der Waals surface area contributed by atoms with Crippen molar-refractivity contribution in [3.05, 3.63) is 41.0 Å². The summed E-state index contributed by atoms with van der Waals surface area (Å²) in [5.41, 5.74) is 0.758. The van der Waals surface area contributed by atoms with E-state index in [9.17, 15) is 46.9 Å². The summed E-state index contributed by atoms with van der Waals surface area (Å²) < 4.78 is 105. The molecule has 0 aliphatic heterocycles. The molecule has 1 fully saturated rings. The Kier molecular flexibility index (Phi) is 21.5. The number of nitrogens with one attached hydrogen (secondary N) is 1.